The second kappa shape index (κ2) is 5.89. The van der Waals surface area contributed by atoms with Crippen molar-refractivity contribution in [2.24, 2.45) is 0 Å². The fourth-order valence-corrected chi connectivity index (χ4v) is 1.27. The maximum absolute atomic E-state index is 8.73. The standard InChI is InChI=1S/C6H7O3PS.C2H4/c7-10(8,11)9-6-4-2-1-3-5-6;1-2/h1-5H,(H2,7,8,11);1-2H2. The first-order valence-corrected chi connectivity index (χ1v) is 6.01. The predicted molar refractivity (Wildman–Crippen MR) is 57.0 cm³/mol. The lowest BCUT2D eigenvalue weighted by molar-refractivity contribution is 0.370. The molecule has 0 fully saturated rings. The van der Waals surface area contributed by atoms with Crippen LogP contribution >= 0.6 is 6.72 Å². The van der Waals surface area contributed by atoms with Crippen molar-refractivity contribution in [1.82, 2.24) is 0 Å². The SMILES string of the molecule is C=C.OP(O)(=S)Oc1ccccc1. The van der Waals surface area contributed by atoms with Crippen LogP contribution in [-0.4, -0.2) is 9.79 Å². The summed E-state index contributed by atoms with van der Waals surface area (Å²) in [5, 5.41) is 0. The Morgan fingerprint density at radius 2 is 1.62 bits per heavy atom. The van der Waals surface area contributed by atoms with Crippen molar-refractivity contribution in [2.45, 2.75) is 0 Å². The lowest BCUT2D eigenvalue weighted by atomic mass is 10.3. The molecule has 0 heterocycles. The molecule has 0 aromatic heterocycles. The van der Waals surface area contributed by atoms with Gasteiger partial charge in [-0.2, -0.15) is 0 Å². The van der Waals surface area contributed by atoms with Gasteiger partial charge in [-0.1, -0.05) is 18.2 Å². The molecule has 13 heavy (non-hydrogen) atoms. The zero-order chi connectivity index (χ0) is 10.3. The minimum absolute atomic E-state index is 0.376. The second-order valence-electron chi connectivity index (χ2n) is 1.89. The molecule has 0 aliphatic rings. The molecule has 0 saturated carbocycles. The maximum Gasteiger partial charge on any atom is 0.375 e. The van der Waals surface area contributed by atoms with Gasteiger partial charge >= 0.3 is 6.72 Å². The summed E-state index contributed by atoms with van der Waals surface area (Å²) < 4.78 is 4.64. The van der Waals surface area contributed by atoms with Gasteiger partial charge in [-0.3, -0.25) is 0 Å². The molecule has 0 saturated heterocycles. The van der Waals surface area contributed by atoms with E-state index in [0.717, 1.165) is 0 Å². The van der Waals surface area contributed by atoms with Gasteiger partial charge in [0.2, 0.25) is 0 Å². The van der Waals surface area contributed by atoms with Crippen molar-refractivity contribution >= 4 is 18.5 Å². The third-order valence-corrected chi connectivity index (χ3v) is 1.64. The molecule has 0 aliphatic carbocycles. The minimum Gasteiger partial charge on any atom is -0.424 e. The Labute approximate surface area is 82.6 Å². The van der Waals surface area contributed by atoms with Gasteiger partial charge in [0.05, 0.1) is 0 Å². The van der Waals surface area contributed by atoms with Gasteiger partial charge in [0.1, 0.15) is 5.75 Å². The van der Waals surface area contributed by atoms with Gasteiger partial charge in [-0.25, -0.2) is 0 Å². The van der Waals surface area contributed by atoms with Crippen LogP contribution in [0.5, 0.6) is 5.75 Å². The largest absolute Gasteiger partial charge is 0.424 e. The topological polar surface area (TPSA) is 49.7 Å². The van der Waals surface area contributed by atoms with Gasteiger partial charge in [-0.05, 0) is 12.1 Å². The van der Waals surface area contributed by atoms with Gasteiger partial charge in [0, 0.05) is 11.8 Å². The highest BCUT2D eigenvalue weighted by Crippen LogP contribution is 2.37. The number of rotatable bonds is 2. The van der Waals surface area contributed by atoms with Crippen LogP contribution in [0.2, 0.25) is 0 Å². The lowest BCUT2D eigenvalue weighted by Crippen LogP contribution is -1.88. The Hall–Kier alpha value is -0.670. The summed E-state index contributed by atoms with van der Waals surface area (Å²) in [5.74, 6) is 0.376. The van der Waals surface area contributed by atoms with Crippen LogP contribution in [0.1, 0.15) is 0 Å². The molecular formula is C8H11O3PS. The van der Waals surface area contributed by atoms with Crippen molar-refractivity contribution in [3.8, 4) is 5.75 Å². The third kappa shape index (κ3) is 6.49. The number of benzene rings is 1. The summed E-state index contributed by atoms with van der Waals surface area (Å²) in [6, 6.07) is 8.45. The first-order valence-electron chi connectivity index (χ1n) is 3.38. The molecule has 3 nitrogen and oxygen atoms in total. The Morgan fingerprint density at radius 1 is 1.15 bits per heavy atom. The third-order valence-electron chi connectivity index (χ3n) is 0.968. The molecule has 0 unspecified atom stereocenters. The number of para-hydroxylation sites is 1. The highest BCUT2D eigenvalue weighted by Gasteiger charge is 2.08. The van der Waals surface area contributed by atoms with Crippen molar-refractivity contribution in [2.75, 3.05) is 0 Å². The van der Waals surface area contributed by atoms with Gasteiger partial charge in [0.25, 0.3) is 0 Å². The van der Waals surface area contributed by atoms with E-state index in [2.05, 4.69) is 29.5 Å². The van der Waals surface area contributed by atoms with E-state index >= 15 is 0 Å². The van der Waals surface area contributed by atoms with Gasteiger partial charge in [0.15, 0.2) is 0 Å². The summed E-state index contributed by atoms with van der Waals surface area (Å²) in [5.41, 5.74) is 0. The van der Waals surface area contributed by atoms with E-state index in [1.165, 1.54) is 0 Å². The summed E-state index contributed by atoms with van der Waals surface area (Å²) in [4.78, 5) is 17.5. The van der Waals surface area contributed by atoms with Crippen molar-refractivity contribution in [3.63, 3.8) is 0 Å². The Kier molecular flexibility index (Phi) is 5.58. The van der Waals surface area contributed by atoms with Crippen LogP contribution in [0.15, 0.2) is 43.5 Å². The van der Waals surface area contributed by atoms with Crippen molar-refractivity contribution < 1.29 is 14.3 Å². The molecule has 5 heteroatoms. The van der Waals surface area contributed by atoms with Crippen LogP contribution < -0.4 is 4.52 Å². The fraction of sp³-hybridized carbons (Fsp3) is 0. The molecule has 1 aromatic rings. The summed E-state index contributed by atoms with van der Waals surface area (Å²) in [6.07, 6.45) is 0. The Balaban J connectivity index is 0.000000671. The van der Waals surface area contributed by atoms with Gasteiger partial charge in [-0.15, -0.1) is 13.2 Å². The highest BCUT2D eigenvalue weighted by atomic mass is 32.5. The normalized spacial score (nSPS) is 9.69. The quantitative estimate of drug-likeness (QED) is 0.589. The second-order valence-corrected chi connectivity index (χ2v) is 4.49. The minimum atomic E-state index is -3.55. The first kappa shape index (κ1) is 12.3. The average molecular weight is 218 g/mol. The number of hydrogen-bond acceptors (Lipinski definition) is 2. The Morgan fingerprint density at radius 3 is 2.00 bits per heavy atom. The molecule has 72 valence electrons. The molecule has 1 aromatic carbocycles. The summed E-state index contributed by atoms with van der Waals surface area (Å²) in [7, 11) is 0. The van der Waals surface area contributed by atoms with E-state index < -0.39 is 6.72 Å². The molecule has 0 bridgehead atoms. The van der Waals surface area contributed by atoms with E-state index in [-0.39, 0.29) is 0 Å². The maximum atomic E-state index is 8.73. The fourth-order valence-electron chi connectivity index (χ4n) is 0.619. The predicted octanol–water partition coefficient (Wildman–Crippen LogP) is 2.08. The number of hydrogen-bond donors (Lipinski definition) is 2. The van der Waals surface area contributed by atoms with Gasteiger partial charge < -0.3 is 14.3 Å². The summed E-state index contributed by atoms with van der Waals surface area (Å²) in [6.45, 7) is 2.45. The molecule has 2 N–H and O–H groups in total. The van der Waals surface area contributed by atoms with E-state index in [9.17, 15) is 0 Å². The van der Waals surface area contributed by atoms with E-state index in [1.54, 1.807) is 30.3 Å². The highest BCUT2D eigenvalue weighted by molar-refractivity contribution is 8.06. The van der Waals surface area contributed by atoms with Crippen LogP contribution in [0.25, 0.3) is 0 Å². The van der Waals surface area contributed by atoms with Crippen LogP contribution in [0.3, 0.4) is 0 Å². The van der Waals surface area contributed by atoms with E-state index in [0.29, 0.717) is 5.75 Å². The average Bonchev–Trinajstić information content (AvgIpc) is 2.07. The van der Waals surface area contributed by atoms with E-state index in [4.69, 9.17) is 9.79 Å². The Bertz CT molecular complexity index is 283. The zero-order valence-electron chi connectivity index (χ0n) is 6.96. The molecule has 1 rings (SSSR count). The molecule has 0 spiro atoms. The first-order chi connectivity index (χ1) is 6.08. The molecule has 0 radical (unpaired) electrons. The summed E-state index contributed by atoms with van der Waals surface area (Å²) >= 11 is 4.27. The smallest absolute Gasteiger partial charge is 0.375 e. The molecule has 0 amide bonds. The monoisotopic (exact) mass is 218 g/mol. The molecule has 0 aliphatic heterocycles. The van der Waals surface area contributed by atoms with E-state index in [1.807, 2.05) is 0 Å². The molecule has 0 atom stereocenters. The van der Waals surface area contributed by atoms with Crippen LogP contribution in [0.4, 0.5) is 0 Å². The van der Waals surface area contributed by atoms with Crippen LogP contribution in [-0.2, 0) is 11.8 Å². The zero-order valence-corrected chi connectivity index (χ0v) is 8.67. The van der Waals surface area contributed by atoms with Crippen molar-refractivity contribution in [1.29, 1.82) is 0 Å². The lowest BCUT2D eigenvalue weighted by Gasteiger charge is -2.08. The van der Waals surface area contributed by atoms with Crippen LogP contribution in [0, 0.1) is 0 Å². The van der Waals surface area contributed by atoms with Crippen molar-refractivity contribution in [3.05, 3.63) is 43.5 Å². The molecular weight excluding hydrogens is 207 g/mol.